The van der Waals surface area contributed by atoms with Crippen molar-refractivity contribution in [1.82, 2.24) is 4.90 Å². The van der Waals surface area contributed by atoms with Gasteiger partial charge in [-0.2, -0.15) is 0 Å². The molecule has 1 aliphatic rings. The normalized spacial score (nSPS) is 15.1. The van der Waals surface area contributed by atoms with Crippen molar-refractivity contribution in [3.8, 4) is 0 Å². The number of halogens is 1. The van der Waals surface area contributed by atoms with Crippen LogP contribution in [0.25, 0.3) is 0 Å². The predicted octanol–water partition coefficient (Wildman–Crippen LogP) is 2.84. The Balaban J connectivity index is 1.75. The first-order valence-electron chi connectivity index (χ1n) is 7.02. The Morgan fingerprint density at radius 3 is 2.60 bits per heavy atom. The van der Waals surface area contributed by atoms with Crippen molar-refractivity contribution in [1.29, 1.82) is 0 Å². The van der Waals surface area contributed by atoms with E-state index in [1.807, 2.05) is 6.07 Å². The van der Waals surface area contributed by atoms with E-state index in [-0.39, 0.29) is 5.82 Å². The number of fused-ring (bicyclic) bond motifs is 1. The Kier molecular flexibility index (Phi) is 3.81. The summed E-state index contributed by atoms with van der Waals surface area (Å²) >= 11 is 0. The molecule has 2 nitrogen and oxygen atoms in total. The van der Waals surface area contributed by atoms with Crippen molar-refractivity contribution >= 4 is 0 Å². The molecule has 0 spiro atoms. The average Bonchev–Trinajstić information content (AvgIpc) is 2.46. The zero-order chi connectivity index (χ0) is 13.9. The van der Waals surface area contributed by atoms with Gasteiger partial charge in [-0.1, -0.05) is 30.3 Å². The van der Waals surface area contributed by atoms with E-state index in [4.69, 9.17) is 5.73 Å². The minimum atomic E-state index is -0.194. The van der Waals surface area contributed by atoms with E-state index in [9.17, 15) is 4.39 Å². The van der Waals surface area contributed by atoms with Crippen molar-refractivity contribution in [3.05, 3.63) is 70.5 Å². The van der Waals surface area contributed by atoms with E-state index in [0.717, 1.165) is 37.2 Å². The van der Waals surface area contributed by atoms with E-state index in [1.54, 1.807) is 6.07 Å². The summed E-state index contributed by atoms with van der Waals surface area (Å²) in [5.74, 6) is -0.194. The van der Waals surface area contributed by atoms with Crippen LogP contribution in [0, 0.1) is 5.82 Å². The van der Waals surface area contributed by atoms with Gasteiger partial charge in [0.15, 0.2) is 0 Å². The van der Waals surface area contributed by atoms with Crippen molar-refractivity contribution in [2.75, 3.05) is 6.54 Å². The molecule has 3 heteroatoms. The molecule has 2 aromatic carbocycles. The van der Waals surface area contributed by atoms with Crippen LogP contribution in [0.4, 0.5) is 4.39 Å². The topological polar surface area (TPSA) is 29.3 Å². The molecule has 20 heavy (non-hydrogen) atoms. The third kappa shape index (κ3) is 2.89. The lowest BCUT2D eigenvalue weighted by atomic mass is 9.99. The highest BCUT2D eigenvalue weighted by Gasteiger charge is 2.16. The van der Waals surface area contributed by atoms with Gasteiger partial charge in [0.2, 0.25) is 0 Å². The minimum absolute atomic E-state index is 0.194. The molecule has 0 atom stereocenters. The fraction of sp³-hybridized carbons (Fsp3) is 0.294. The number of nitrogens with zero attached hydrogens (tertiary/aromatic N) is 1. The Morgan fingerprint density at radius 2 is 1.80 bits per heavy atom. The first-order valence-corrected chi connectivity index (χ1v) is 7.02. The maximum absolute atomic E-state index is 13.5. The van der Waals surface area contributed by atoms with Gasteiger partial charge in [0.1, 0.15) is 5.82 Å². The van der Waals surface area contributed by atoms with Gasteiger partial charge < -0.3 is 5.73 Å². The fourth-order valence-corrected chi connectivity index (χ4v) is 2.87. The van der Waals surface area contributed by atoms with Crippen LogP contribution in [0.3, 0.4) is 0 Å². The van der Waals surface area contributed by atoms with E-state index in [2.05, 4.69) is 29.2 Å². The monoisotopic (exact) mass is 270 g/mol. The van der Waals surface area contributed by atoms with Crippen molar-refractivity contribution < 1.29 is 4.39 Å². The molecule has 0 saturated heterocycles. The molecule has 0 aliphatic carbocycles. The molecule has 0 aromatic heterocycles. The quantitative estimate of drug-likeness (QED) is 0.929. The first kappa shape index (κ1) is 13.3. The first-order chi connectivity index (χ1) is 9.74. The van der Waals surface area contributed by atoms with E-state index in [0.29, 0.717) is 6.54 Å². The lowest BCUT2D eigenvalue weighted by Gasteiger charge is -2.28. The number of nitrogens with two attached hydrogens (primary N) is 1. The van der Waals surface area contributed by atoms with Gasteiger partial charge in [0, 0.05) is 26.2 Å². The fourth-order valence-electron chi connectivity index (χ4n) is 2.87. The molecule has 0 unspecified atom stereocenters. The van der Waals surface area contributed by atoms with E-state index >= 15 is 0 Å². The van der Waals surface area contributed by atoms with Gasteiger partial charge in [-0.25, -0.2) is 4.39 Å². The van der Waals surface area contributed by atoms with Crippen LogP contribution >= 0.6 is 0 Å². The summed E-state index contributed by atoms with van der Waals surface area (Å²) < 4.78 is 13.5. The number of hydrogen-bond acceptors (Lipinski definition) is 2. The molecule has 2 N–H and O–H groups in total. The Bertz CT molecular complexity index is 610. The molecule has 1 heterocycles. The second-order valence-corrected chi connectivity index (χ2v) is 5.40. The summed E-state index contributed by atoms with van der Waals surface area (Å²) in [6.45, 7) is 3.11. The SMILES string of the molecule is NCc1cc(F)cc(CN2CCc3ccccc3C2)c1. The van der Waals surface area contributed by atoms with E-state index < -0.39 is 0 Å². The lowest BCUT2D eigenvalue weighted by Crippen LogP contribution is -2.30. The summed E-state index contributed by atoms with van der Waals surface area (Å²) in [5.41, 5.74) is 10.3. The molecule has 0 bridgehead atoms. The van der Waals surface area contributed by atoms with Crippen LogP contribution in [-0.2, 0) is 26.1 Å². The third-order valence-electron chi connectivity index (χ3n) is 3.87. The standard InChI is InChI=1S/C17H19FN2/c18-17-8-13(10-19)7-14(9-17)11-20-6-5-15-3-1-2-4-16(15)12-20/h1-4,7-9H,5-6,10-12,19H2. The van der Waals surface area contributed by atoms with Gasteiger partial charge in [-0.15, -0.1) is 0 Å². The van der Waals surface area contributed by atoms with Gasteiger partial charge in [-0.05, 0) is 40.8 Å². The van der Waals surface area contributed by atoms with Crippen molar-refractivity contribution in [3.63, 3.8) is 0 Å². The summed E-state index contributed by atoms with van der Waals surface area (Å²) in [6.07, 6.45) is 1.06. The van der Waals surface area contributed by atoms with Crippen LogP contribution in [0.5, 0.6) is 0 Å². The van der Waals surface area contributed by atoms with Gasteiger partial charge >= 0.3 is 0 Å². The van der Waals surface area contributed by atoms with Crippen molar-refractivity contribution in [2.45, 2.75) is 26.1 Å². The molecule has 0 amide bonds. The molecule has 3 rings (SSSR count). The Labute approximate surface area is 119 Å². The molecular weight excluding hydrogens is 251 g/mol. The molecule has 104 valence electrons. The lowest BCUT2D eigenvalue weighted by molar-refractivity contribution is 0.245. The van der Waals surface area contributed by atoms with Crippen LogP contribution in [0.2, 0.25) is 0 Å². The van der Waals surface area contributed by atoms with Crippen molar-refractivity contribution in [2.24, 2.45) is 5.73 Å². The summed E-state index contributed by atoms with van der Waals surface area (Å²) in [6, 6.07) is 13.7. The number of hydrogen-bond donors (Lipinski definition) is 1. The average molecular weight is 270 g/mol. The molecule has 0 saturated carbocycles. The molecule has 0 radical (unpaired) electrons. The number of benzene rings is 2. The summed E-state index contributed by atoms with van der Waals surface area (Å²) in [5, 5.41) is 0. The van der Waals surface area contributed by atoms with Crippen LogP contribution in [0.1, 0.15) is 22.3 Å². The largest absolute Gasteiger partial charge is 0.326 e. The summed E-state index contributed by atoms with van der Waals surface area (Å²) in [4.78, 5) is 2.36. The molecule has 2 aromatic rings. The number of rotatable bonds is 3. The van der Waals surface area contributed by atoms with Crippen LogP contribution < -0.4 is 5.73 Å². The van der Waals surface area contributed by atoms with Gasteiger partial charge in [0.25, 0.3) is 0 Å². The highest BCUT2D eigenvalue weighted by Crippen LogP contribution is 2.21. The molecular formula is C17H19FN2. The van der Waals surface area contributed by atoms with Crippen LogP contribution in [-0.4, -0.2) is 11.4 Å². The Morgan fingerprint density at radius 1 is 1.05 bits per heavy atom. The highest BCUT2D eigenvalue weighted by atomic mass is 19.1. The second kappa shape index (κ2) is 5.73. The van der Waals surface area contributed by atoms with Crippen LogP contribution in [0.15, 0.2) is 42.5 Å². The minimum Gasteiger partial charge on any atom is -0.326 e. The second-order valence-electron chi connectivity index (χ2n) is 5.40. The Hall–Kier alpha value is -1.71. The third-order valence-corrected chi connectivity index (χ3v) is 3.87. The maximum Gasteiger partial charge on any atom is 0.123 e. The van der Waals surface area contributed by atoms with Gasteiger partial charge in [-0.3, -0.25) is 4.90 Å². The molecule has 1 aliphatic heterocycles. The van der Waals surface area contributed by atoms with Gasteiger partial charge in [0.05, 0.1) is 0 Å². The molecule has 0 fully saturated rings. The van der Waals surface area contributed by atoms with E-state index in [1.165, 1.54) is 17.2 Å². The predicted molar refractivity (Wildman–Crippen MR) is 78.6 cm³/mol. The smallest absolute Gasteiger partial charge is 0.123 e. The highest BCUT2D eigenvalue weighted by molar-refractivity contribution is 5.30. The maximum atomic E-state index is 13.5. The summed E-state index contributed by atoms with van der Waals surface area (Å²) in [7, 11) is 0. The zero-order valence-electron chi connectivity index (χ0n) is 11.5. The zero-order valence-corrected chi connectivity index (χ0v) is 11.5.